The first-order chi connectivity index (χ1) is 9.97. The van der Waals surface area contributed by atoms with Crippen LogP contribution < -0.4 is 5.56 Å². The van der Waals surface area contributed by atoms with Crippen LogP contribution in [0.4, 0.5) is 0 Å². The quantitative estimate of drug-likeness (QED) is 0.761. The molecule has 9 heteroatoms. The van der Waals surface area contributed by atoms with E-state index >= 15 is 0 Å². The molecule has 3 aromatic heterocycles. The van der Waals surface area contributed by atoms with Crippen molar-refractivity contribution in [2.75, 3.05) is 0 Å². The fourth-order valence-corrected chi connectivity index (χ4v) is 2.90. The van der Waals surface area contributed by atoms with E-state index in [0.29, 0.717) is 11.0 Å². The molecule has 0 saturated carbocycles. The molecule has 0 spiro atoms. The molecule has 0 unspecified atom stereocenters. The van der Waals surface area contributed by atoms with Crippen LogP contribution in [-0.2, 0) is 13.6 Å². The van der Waals surface area contributed by atoms with E-state index in [9.17, 15) is 9.59 Å². The van der Waals surface area contributed by atoms with Gasteiger partial charge in [-0.3, -0.25) is 4.79 Å². The number of aryl methyl sites for hydroxylation is 2. The van der Waals surface area contributed by atoms with Crippen molar-refractivity contribution in [1.82, 2.24) is 24.8 Å². The highest BCUT2D eigenvalue weighted by molar-refractivity contribution is 7.14. The van der Waals surface area contributed by atoms with E-state index in [4.69, 9.17) is 5.11 Å². The number of aromatic nitrogens is 5. The molecule has 8 nitrogen and oxygen atoms in total. The molecule has 0 aliphatic rings. The molecule has 0 aliphatic heterocycles. The number of fused-ring (bicyclic) bond motifs is 1. The Bertz CT molecular complexity index is 907. The van der Waals surface area contributed by atoms with Crippen LogP contribution in [0.1, 0.15) is 20.1 Å². The van der Waals surface area contributed by atoms with E-state index in [0.717, 1.165) is 10.4 Å². The number of hydrogen-bond acceptors (Lipinski definition) is 6. The molecule has 21 heavy (non-hydrogen) atoms. The highest BCUT2D eigenvalue weighted by atomic mass is 32.1. The highest BCUT2D eigenvalue weighted by Gasteiger charge is 2.14. The zero-order valence-corrected chi connectivity index (χ0v) is 12.1. The van der Waals surface area contributed by atoms with Crippen molar-refractivity contribution in [1.29, 1.82) is 0 Å². The number of carbonyl (C=O) groups is 1. The van der Waals surface area contributed by atoms with E-state index in [1.54, 1.807) is 13.1 Å². The number of thiophene rings is 1. The Morgan fingerprint density at radius 3 is 2.90 bits per heavy atom. The van der Waals surface area contributed by atoms with Gasteiger partial charge in [0.1, 0.15) is 10.3 Å². The summed E-state index contributed by atoms with van der Waals surface area (Å²) in [6, 6.07) is 1.56. The number of carboxylic acids is 1. The summed E-state index contributed by atoms with van der Waals surface area (Å²) in [5.74, 6) is -0.976. The molecular formula is C12H11N5O3S. The smallest absolute Gasteiger partial charge is 0.345 e. The SMILES string of the molecule is Cc1sc(C(=O)O)cc1Cn1nnc2c(cnn2C)c1=O. The monoisotopic (exact) mass is 305 g/mol. The molecule has 0 atom stereocenters. The van der Waals surface area contributed by atoms with Crippen LogP contribution >= 0.6 is 11.3 Å². The maximum absolute atomic E-state index is 12.3. The maximum Gasteiger partial charge on any atom is 0.345 e. The summed E-state index contributed by atoms with van der Waals surface area (Å²) >= 11 is 1.18. The first-order valence-corrected chi connectivity index (χ1v) is 6.87. The minimum Gasteiger partial charge on any atom is -0.477 e. The van der Waals surface area contributed by atoms with Crippen molar-refractivity contribution in [3.05, 3.63) is 37.9 Å². The number of hydrogen-bond donors (Lipinski definition) is 1. The summed E-state index contributed by atoms with van der Waals surface area (Å²) < 4.78 is 2.69. The largest absolute Gasteiger partial charge is 0.477 e. The molecule has 0 bridgehead atoms. The van der Waals surface area contributed by atoms with Gasteiger partial charge in [-0.15, -0.1) is 16.4 Å². The highest BCUT2D eigenvalue weighted by Crippen LogP contribution is 2.22. The van der Waals surface area contributed by atoms with E-state index in [2.05, 4.69) is 15.4 Å². The lowest BCUT2D eigenvalue weighted by molar-refractivity contribution is 0.0702. The van der Waals surface area contributed by atoms with E-state index in [1.165, 1.54) is 26.9 Å². The van der Waals surface area contributed by atoms with E-state index in [-0.39, 0.29) is 17.0 Å². The summed E-state index contributed by atoms with van der Waals surface area (Å²) in [5, 5.41) is 21.2. The van der Waals surface area contributed by atoms with Crippen molar-refractivity contribution >= 4 is 28.3 Å². The summed E-state index contributed by atoms with van der Waals surface area (Å²) in [5.41, 5.74) is 0.872. The van der Waals surface area contributed by atoms with E-state index in [1.807, 2.05) is 6.92 Å². The molecule has 1 N–H and O–H groups in total. The molecule has 108 valence electrons. The fourth-order valence-electron chi connectivity index (χ4n) is 2.02. The lowest BCUT2D eigenvalue weighted by atomic mass is 10.2. The van der Waals surface area contributed by atoms with Gasteiger partial charge >= 0.3 is 5.97 Å². The fraction of sp³-hybridized carbons (Fsp3) is 0.250. The Balaban J connectivity index is 2.04. The minimum absolute atomic E-state index is 0.187. The normalized spacial score (nSPS) is 11.1. The van der Waals surface area contributed by atoms with Gasteiger partial charge < -0.3 is 5.11 Å². The van der Waals surface area contributed by atoms with Crippen LogP contribution in [0.3, 0.4) is 0 Å². The Morgan fingerprint density at radius 1 is 1.48 bits per heavy atom. The maximum atomic E-state index is 12.3. The zero-order chi connectivity index (χ0) is 15.1. The van der Waals surface area contributed by atoms with E-state index < -0.39 is 5.97 Å². The molecule has 0 aliphatic carbocycles. The lowest BCUT2D eigenvalue weighted by Gasteiger charge is -2.02. The van der Waals surface area contributed by atoms with Crippen LogP contribution in [0.5, 0.6) is 0 Å². The predicted molar refractivity (Wildman–Crippen MR) is 75.7 cm³/mol. The van der Waals surface area contributed by atoms with Crippen LogP contribution in [0.15, 0.2) is 17.1 Å². The number of carboxylic acid groups (broad SMARTS) is 1. The van der Waals surface area contributed by atoms with Crippen LogP contribution in [-0.4, -0.2) is 35.9 Å². The van der Waals surface area contributed by atoms with Gasteiger partial charge in [-0.05, 0) is 18.6 Å². The van der Waals surface area contributed by atoms with Crippen molar-refractivity contribution in [2.24, 2.45) is 7.05 Å². The van der Waals surface area contributed by atoms with Crippen molar-refractivity contribution in [3.8, 4) is 0 Å². The van der Waals surface area contributed by atoms with Gasteiger partial charge in [0, 0.05) is 11.9 Å². The summed E-state index contributed by atoms with van der Waals surface area (Å²) in [7, 11) is 1.68. The summed E-state index contributed by atoms with van der Waals surface area (Å²) in [6.45, 7) is 2.00. The Kier molecular flexibility index (Phi) is 3.05. The van der Waals surface area contributed by atoms with Crippen molar-refractivity contribution < 1.29 is 9.90 Å². The van der Waals surface area contributed by atoms with Gasteiger partial charge in [0.15, 0.2) is 5.65 Å². The lowest BCUT2D eigenvalue weighted by Crippen LogP contribution is -2.24. The van der Waals surface area contributed by atoms with Crippen LogP contribution in [0.2, 0.25) is 0 Å². The Morgan fingerprint density at radius 2 is 2.24 bits per heavy atom. The second kappa shape index (κ2) is 4.77. The molecule has 3 aromatic rings. The third kappa shape index (κ3) is 2.21. The predicted octanol–water partition coefficient (Wildman–Crippen LogP) is 0.641. The second-order valence-electron chi connectivity index (χ2n) is 4.55. The minimum atomic E-state index is -0.976. The third-order valence-electron chi connectivity index (χ3n) is 3.17. The van der Waals surface area contributed by atoms with Crippen molar-refractivity contribution in [2.45, 2.75) is 13.5 Å². The van der Waals surface area contributed by atoms with Crippen LogP contribution in [0.25, 0.3) is 11.0 Å². The number of rotatable bonds is 3. The van der Waals surface area contributed by atoms with Gasteiger partial charge in [-0.2, -0.15) is 5.10 Å². The average Bonchev–Trinajstić information content (AvgIpc) is 2.98. The van der Waals surface area contributed by atoms with Gasteiger partial charge in [-0.1, -0.05) is 5.21 Å². The Hall–Kier alpha value is -2.55. The average molecular weight is 305 g/mol. The van der Waals surface area contributed by atoms with Gasteiger partial charge in [0.2, 0.25) is 0 Å². The second-order valence-corrected chi connectivity index (χ2v) is 5.81. The van der Waals surface area contributed by atoms with Crippen LogP contribution in [0, 0.1) is 6.92 Å². The topological polar surface area (TPSA) is 103 Å². The Labute approximate surface area is 122 Å². The molecule has 3 rings (SSSR count). The number of aromatic carboxylic acids is 1. The standard InChI is InChI=1S/C12H11N5O3S/c1-6-7(3-9(21-6)12(19)20)5-17-11(18)8-4-13-16(2)10(8)14-15-17/h3-4H,5H2,1-2H3,(H,19,20). The van der Waals surface area contributed by atoms with Crippen molar-refractivity contribution in [3.63, 3.8) is 0 Å². The summed E-state index contributed by atoms with van der Waals surface area (Å²) in [4.78, 5) is 24.3. The molecule has 0 saturated heterocycles. The van der Waals surface area contributed by atoms with Gasteiger partial charge in [-0.25, -0.2) is 14.2 Å². The molecule has 0 amide bonds. The third-order valence-corrected chi connectivity index (χ3v) is 4.25. The molecule has 3 heterocycles. The molecular weight excluding hydrogens is 294 g/mol. The zero-order valence-electron chi connectivity index (χ0n) is 11.3. The summed E-state index contributed by atoms with van der Waals surface area (Å²) in [6.07, 6.45) is 1.45. The number of nitrogens with zero attached hydrogens (tertiary/aromatic N) is 5. The van der Waals surface area contributed by atoms with Gasteiger partial charge in [0.05, 0.1) is 12.7 Å². The molecule has 0 fully saturated rings. The molecule has 0 radical (unpaired) electrons. The first kappa shape index (κ1) is 13.4. The molecule has 0 aromatic carbocycles. The van der Waals surface area contributed by atoms with Gasteiger partial charge in [0.25, 0.3) is 5.56 Å². The first-order valence-electron chi connectivity index (χ1n) is 6.05.